The van der Waals surface area contributed by atoms with E-state index in [1.807, 2.05) is 26.0 Å². The highest BCUT2D eigenvalue weighted by molar-refractivity contribution is 6.00. The Morgan fingerprint density at radius 3 is 2.47 bits per heavy atom. The predicted molar refractivity (Wildman–Crippen MR) is 63.4 cm³/mol. The number of carbonyl (C=O) groups is 2. The van der Waals surface area contributed by atoms with Gasteiger partial charge in [-0.3, -0.25) is 14.6 Å². The van der Waals surface area contributed by atoms with Crippen molar-refractivity contribution in [3.63, 3.8) is 0 Å². The maximum absolute atomic E-state index is 11.8. The number of aromatic nitrogens is 1. The lowest BCUT2D eigenvalue weighted by Gasteiger charge is -2.17. The van der Waals surface area contributed by atoms with Gasteiger partial charge in [0.25, 0.3) is 0 Å². The molecule has 0 radical (unpaired) electrons. The van der Waals surface area contributed by atoms with Gasteiger partial charge in [0, 0.05) is 30.0 Å². The molecule has 1 aliphatic rings. The number of rotatable bonds is 2. The molecule has 90 valence electrons. The predicted octanol–water partition coefficient (Wildman–Crippen LogP) is 0.537. The summed E-state index contributed by atoms with van der Waals surface area (Å²) >= 11 is 0. The zero-order chi connectivity index (χ0) is 12.6. The summed E-state index contributed by atoms with van der Waals surface area (Å²) in [5, 5.41) is 0. The summed E-state index contributed by atoms with van der Waals surface area (Å²) in [4.78, 5) is 28.8. The molecule has 1 atom stereocenters. The number of primary amides is 1. The summed E-state index contributed by atoms with van der Waals surface area (Å²) in [6.07, 6.45) is 0.204. The highest BCUT2D eigenvalue weighted by atomic mass is 16.2. The van der Waals surface area contributed by atoms with Gasteiger partial charge >= 0.3 is 0 Å². The summed E-state index contributed by atoms with van der Waals surface area (Å²) in [7, 11) is 0. The van der Waals surface area contributed by atoms with Gasteiger partial charge in [0.1, 0.15) is 0 Å². The second-order valence-corrected chi connectivity index (χ2v) is 4.42. The molecule has 2 rings (SSSR count). The van der Waals surface area contributed by atoms with Crippen LogP contribution in [0.25, 0.3) is 0 Å². The van der Waals surface area contributed by atoms with E-state index >= 15 is 0 Å². The molecular formula is C12H15N3O2. The number of amides is 2. The number of nitrogens with zero attached hydrogens (tertiary/aromatic N) is 2. The maximum Gasteiger partial charge on any atom is 0.227 e. The van der Waals surface area contributed by atoms with Gasteiger partial charge in [-0.25, -0.2) is 0 Å². The van der Waals surface area contributed by atoms with Crippen LogP contribution in [0.2, 0.25) is 0 Å². The quantitative estimate of drug-likeness (QED) is 0.809. The molecule has 0 saturated carbocycles. The monoisotopic (exact) mass is 233 g/mol. The van der Waals surface area contributed by atoms with E-state index in [9.17, 15) is 9.59 Å². The molecule has 2 amide bonds. The first-order valence-corrected chi connectivity index (χ1v) is 5.52. The van der Waals surface area contributed by atoms with Crippen molar-refractivity contribution in [3.05, 3.63) is 23.5 Å². The first kappa shape index (κ1) is 11.6. The summed E-state index contributed by atoms with van der Waals surface area (Å²) in [6.45, 7) is 4.13. The highest BCUT2D eigenvalue weighted by Gasteiger charge is 2.34. The molecule has 1 aliphatic heterocycles. The van der Waals surface area contributed by atoms with Gasteiger partial charge in [-0.15, -0.1) is 0 Å². The number of anilines is 1. The van der Waals surface area contributed by atoms with Gasteiger partial charge in [0.05, 0.1) is 5.92 Å². The standard InChI is InChI=1S/C12H15N3O2/c1-7-3-10(4-8(2)14-7)15-6-9(12(13)17)5-11(15)16/h3-4,9H,5-6H2,1-2H3,(H2,13,17). The van der Waals surface area contributed by atoms with E-state index in [2.05, 4.69) is 4.98 Å². The van der Waals surface area contributed by atoms with Gasteiger partial charge < -0.3 is 10.6 Å². The molecule has 0 spiro atoms. The van der Waals surface area contributed by atoms with Crippen LogP contribution in [0.1, 0.15) is 17.8 Å². The maximum atomic E-state index is 11.8. The van der Waals surface area contributed by atoms with Crippen LogP contribution in [0.4, 0.5) is 5.69 Å². The molecule has 1 unspecified atom stereocenters. The van der Waals surface area contributed by atoms with Gasteiger partial charge in [-0.2, -0.15) is 0 Å². The van der Waals surface area contributed by atoms with Crippen molar-refractivity contribution in [1.82, 2.24) is 4.98 Å². The van der Waals surface area contributed by atoms with E-state index in [0.717, 1.165) is 17.1 Å². The normalized spacial score (nSPS) is 19.8. The van der Waals surface area contributed by atoms with Crippen LogP contribution >= 0.6 is 0 Å². The van der Waals surface area contributed by atoms with Crippen LogP contribution in [0.3, 0.4) is 0 Å². The minimum Gasteiger partial charge on any atom is -0.369 e. The van der Waals surface area contributed by atoms with Crippen LogP contribution in [0.15, 0.2) is 12.1 Å². The van der Waals surface area contributed by atoms with Crippen molar-refractivity contribution in [3.8, 4) is 0 Å². The Balaban J connectivity index is 2.28. The number of nitrogens with two attached hydrogens (primary N) is 1. The van der Waals surface area contributed by atoms with Crippen molar-refractivity contribution in [1.29, 1.82) is 0 Å². The number of hydrogen-bond donors (Lipinski definition) is 1. The summed E-state index contributed by atoms with van der Waals surface area (Å²) in [5.41, 5.74) is 7.74. The number of hydrogen-bond acceptors (Lipinski definition) is 3. The third kappa shape index (κ3) is 2.27. The average molecular weight is 233 g/mol. The topological polar surface area (TPSA) is 76.3 Å². The van der Waals surface area contributed by atoms with Crippen molar-refractivity contribution >= 4 is 17.5 Å². The SMILES string of the molecule is Cc1cc(N2CC(C(N)=O)CC2=O)cc(C)n1. The van der Waals surface area contributed by atoms with Crippen LogP contribution in [0, 0.1) is 19.8 Å². The largest absolute Gasteiger partial charge is 0.369 e. The van der Waals surface area contributed by atoms with Crippen molar-refractivity contribution in [2.45, 2.75) is 20.3 Å². The second-order valence-electron chi connectivity index (χ2n) is 4.42. The summed E-state index contributed by atoms with van der Waals surface area (Å²) in [6, 6.07) is 3.68. The molecular weight excluding hydrogens is 218 g/mol. The van der Waals surface area contributed by atoms with Crippen LogP contribution in [0.5, 0.6) is 0 Å². The molecule has 17 heavy (non-hydrogen) atoms. The van der Waals surface area contributed by atoms with Crippen molar-refractivity contribution < 1.29 is 9.59 Å². The lowest BCUT2D eigenvalue weighted by molar-refractivity contribution is -0.123. The fourth-order valence-corrected chi connectivity index (χ4v) is 2.12. The van der Waals surface area contributed by atoms with E-state index in [1.54, 1.807) is 4.90 Å². The molecule has 0 aliphatic carbocycles. The Kier molecular flexibility index (Phi) is 2.83. The average Bonchev–Trinajstić information content (AvgIpc) is 2.59. The highest BCUT2D eigenvalue weighted by Crippen LogP contribution is 2.25. The Bertz CT molecular complexity index is 464. The van der Waals surface area contributed by atoms with Gasteiger partial charge in [-0.05, 0) is 26.0 Å². The van der Waals surface area contributed by atoms with E-state index in [0.29, 0.717) is 6.54 Å². The third-order valence-corrected chi connectivity index (χ3v) is 2.91. The van der Waals surface area contributed by atoms with E-state index < -0.39 is 5.91 Å². The molecule has 1 fully saturated rings. The molecule has 0 bridgehead atoms. The van der Waals surface area contributed by atoms with E-state index in [1.165, 1.54) is 0 Å². The zero-order valence-electron chi connectivity index (χ0n) is 9.93. The lowest BCUT2D eigenvalue weighted by Crippen LogP contribution is -2.28. The first-order valence-electron chi connectivity index (χ1n) is 5.52. The van der Waals surface area contributed by atoms with Crippen LogP contribution in [-0.4, -0.2) is 23.3 Å². The van der Waals surface area contributed by atoms with E-state index in [4.69, 9.17) is 5.73 Å². The Morgan fingerprint density at radius 1 is 1.41 bits per heavy atom. The number of carbonyl (C=O) groups excluding carboxylic acids is 2. The molecule has 1 aromatic heterocycles. The molecule has 5 nitrogen and oxygen atoms in total. The Morgan fingerprint density at radius 2 is 2.00 bits per heavy atom. The fraction of sp³-hybridized carbons (Fsp3) is 0.417. The minimum absolute atomic E-state index is 0.0567. The van der Waals surface area contributed by atoms with Crippen LogP contribution < -0.4 is 10.6 Å². The summed E-state index contributed by atoms with van der Waals surface area (Å²) < 4.78 is 0. The molecule has 2 N–H and O–H groups in total. The van der Waals surface area contributed by atoms with E-state index in [-0.39, 0.29) is 18.2 Å². The minimum atomic E-state index is -0.414. The first-order chi connectivity index (χ1) is 7.97. The lowest BCUT2D eigenvalue weighted by atomic mass is 10.1. The van der Waals surface area contributed by atoms with Crippen molar-refractivity contribution in [2.24, 2.45) is 11.7 Å². The summed E-state index contributed by atoms with van der Waals surface area (Å²) in [5.74, 6) is -0.849. The molecule has 1 saturated heterocycles. The fourth-order valence-electron chi connectivity index (χ4n) is 2.12. The molecule has 1 aromatic rings. The smallest absolute Gasteiger partial charge is 0.227 e. The van der Waals surface area contributed by atoms with Crippen molar-refractivity contribution in [2.75, 3.05) is 11.4 Å². The number of pyridine rings is 1. The van der Waals surface area contributed by atoms with Gasteiger partial charge in [0.15, 0.2) is 0 Å². The Labute approximate surface area is 99.6 Å². The van der Waals surface area contributed by atoms with Crippen LogP contribution in [-0.2, 0) is 9.59 Å². The molecule has 5 heteroatoms. The molecule has 0 aromatic carbocycles. The molecule has 2 heterocycles. The van der Waals surface area contributed by atoms with Gasteiger partial charge in [-0.1, -0.05) is 0 Å². The second kappa shape index (κ2) is 4.16. The number of aryl methyl sites for hydroxylation is 2. The zero-order valence-corrected chi connectivity index (χ0v) is 9.93. The van der Waals surface area contributed by atoms with Gasteiger partial charge in [0.2, 0.25) is 11.8 Å². The third-order valence-electron chi connectivity index (χ3n) is 2.91. The Hall–Kier alpha value is -1.91.